The van der Waals surface area contributed by atoms with E-state index >= 15 is 0 Å². The minimum absolute atomic E-state index is 0.104. The number of benzene rings is 2. The topological polar surface area (TPSA) is 40.6 Å². The van der Waals surface area contributed by atoms with Crippen LogP contribution in [0.25, 0.3) is 0 Å². The maximum absolute atomic E-state index is 13.4. The Kier molecular flexibility index (Phi) is 5.44. The summed E-state index contributed by atoms with van der Waals surface area (Å²) >= 11 is 0. The van der Waals surface area contributed by atoms with Gasteiger partial charge in [0.25, 0.3) is 0 Å². The van der Waals surface area contributed by atoms with Crippen molar-refractivity contribution >= 4 is 11.8 Å². The van der Waals surface area contributed by atoms with Crippen molar-refractivity contribution < 1.29 is 9.59 Å². The Bertz CT molecular complexity index is 823. The molecule has 2 aliphatic heterocycles. The minimum atomic E-state index is -0.216. The molecule has 0 aliphatic carbocycles. The molecule has 2 saturated heterocycles. The molecule has 0 aromatic heterocycles. The molecule has 0 spiro atoms. The highest BCUT2D eigenvalue weighted by Gasteiger charge is 2.43. The predicted molar refractivity (Wildman–Crippen MR) is 114 cm³/mol. The van der Waals surface area contributed by atoms with E-state index in [4.69, 9.17) is 0 Å². The van der Waals surface area contributed by atoms with Gasteiger partial charge in [-0.2, -0.15) is 0 Å². The number of likely N-dealkylation sites (tertiary alicyclic amines) is 2. The number of hydrogen-bond acceptors (Lipinski definition) is 2. The summed E-state index contributed by atoms with van der Waals surface area (Å²) in [5.41, 5.74) is 2.32. The zero-order chi connectivity index (χ0) is 20.4. The second-order valence-corrected chi connectivity index (χ2v) is 8.72. The first-order valence-electron chi connectivity index (χ1n) is 10.7. The van der Waals surface area contributed by atoms with Gasteiger partial charge in [0.15, 0.2) is 0 Å². The van der Waals surface area contributed by atoms with E-state index in [1.54, 1.807) is 0 Å². The quantitative estimate of drug-likeness (QED) is 0.796. The van der Waals surface area contributed by atoms with Gasteiger partial charge in [0, 0.05) is 37.5 Å². The number of amides is 2. The third-order valence-electron chi connectivity index (χ3n) is 6.59. The van der Waals surface area contributed by atoms with Gasteiger partial charge in [-0.25, -0.2) is 0 Å². The summed E-state index contributed by atoms with van der Waals surface area (Å²) in [4.78, 5) is 29.6. The van der Waals surface area contributed by atoms with Crippen molar-refractivity contribution in [2.24, 2.45) is 5.92 Å². The van der Waals surface area contributed by atoms with Crippen molar-refractivity contribution in [1.29, 1.82) is 0 Å². The molecule has 4 nitrogen and oxygen atoms in total. The molecule has 2 aliphatic rings. The second kappa shape index (κ2) is 8.02. The largest absolute Gasteiger partial charge is 0.341 e. The van der Waals surface area contributed by atoms with Crippen molar-refractivity contribution in [2.75, 3.05) is 19.6 Å². The molecule has 2 fully saturated rings. The zero-order valence-corrected chi connectivity index (χ0v) is 17.4. The van der Waals surface area contributed by atoms with Crippen molar-refractivity contribution in [1.82, 2.24) is 9.80 Å². The lowest BCUT2D eigenvalue weighted by molar-refractivity contribution is -0.137. The fourth-order valence-electron chi connectivity index (χ4n) is 5.05. The Morgan fingerprint density at radius 2 is 1.59 bits per heavy atom. The van der Waals surface area contributed by atoms with Crippen LogP contribution in [-0.2, 0) is 15.0 Å². The van der Waals surface area contributed by atoms with Gasteiger partial charge < -0.3 is 9.80 Å². The van der Waals surface area contributed by atoms with Crippen molar-refractivity contribution in [3.05, 3.63) is 71.8 Å². The zero-order valence-electron chi connectivity index (χ0n) is 17.4. The molecule has 152 valence electrons. The summed E-state index contributed by atoms with van der Waals surface area (Å²) in [6.07, 6.45) is 2.33. The van der Waals surface area contributed by atoms with Gasteiger partial charge >= 0.3 is 0 Å². The second-order valence-electron chi connectivity index (χ2n) is 8.72. The van der Waals surface area contributed by atoms with E-state index in [2.05, 4.69) is 48.5 Å². The predicted octanol–water partition coefficient (Wildman–Crippen LogP) is 3.85. The molecule has 0 bridgehead atoms. The van der Waals surface area contributed by atoms with Gasteiger partial charge in [-0.05, 0) is 37.8 Å². The molecular formula is C25H30N2O2. The molecule has 1 atom stereocenters. The average Bonchev–Trinajstić information content (AvgIpc) is 3.16. The molecule has 4 rings (SSSR count). The standard InChI is InChI=1S/C25H30N2O2/c1-19(2)27-17-20(16-23(27)28)24(29)26-15-9-14-25(18-26,21-10-5-3-6-11-21)22-12-7-4-8-13-22/h3-8,10-13,19-20H,9,14-18H2,1-2H3/t20-/m0/s1. The van der Waals surface area contributed by atoms with Crippen LogP contribution in [0.2, 0.25) is 0 Å². The number of rotatable bonds is 4. The molecule has 0 radical (unpaired) electrons. The SMILES string of the molecule is CC(C)N1C[C@@H](C(=O)N2CCCC(c3ccccc3)(c3ccccc3)C2)CC1=O. The third-order valence-corrected chi connectivity index (χ3v) is 6.59. The van der Waals surface area contributed by atoms with Gasteiger partial charge in [0.1, 0.15) is 0 Å². The summed E-state index contributed by atoms with van der Waals surface area (Å²) in [5.74, 6) is 0.0254. The number of carbonyl (C=O) groups is 2. The van der Waals surface area contributed by atoms with Crippen LogP contribution >= 0.6 is 0 Å². The molecule has 2 aromatic rings. The van der Waals surface area contributed by atoms with E-state index < -0.39 is 0 Å². The number of hydrogen-bond donors (Lipinski definition) is 0. The van der Waals surface area contributed by atoms with E-state index in [1.807, 2.05) is 35.8 Å². The number of nitrogens with zero attached hydrogens (tertiary/aromatic N) is 2. The molecule has 29 heavy (non-hydrogen) atoms. The smallest absolute Gasteiger partial charge is 0.228 e. The molecule has 2 amide bonds. The van der Waals surface area contributed by atoms with Crippen LogP contribution in [0.3, 0.4) is 0 Å². The lowest BCUT2D eigenvalue weighted by Crippen LogP contribution is -2.51. The fraction of sp³-hybridized carbons (Fsp3) is 0.440. The number of carbonyl (C=O) groups excluding carboxylic acids is 2. The van der Waals surface area contributed by atoms with Gasteiger partial charge in [-0.3, -0.25) is 9.59 Å². The molecule has 0 unspecified atom stereocenters. The molecular weight excluding hydrogens is 360 g/mol. The van der Waals surface area contributed by atoms with E-state index in [1.165, 1.54) is 11.1 Å². The van der Waals surface area contributed by atoms with Crippen molar-refractivity contribution in [2.45, 2.75) is 44.6 Å². The van der Waals surface area contributed by atoms with Crippen molar-refractivity contribution in [3.8, 4) is 0 Å². The maximum atomic E-state index is 13.4. The highest BCUT2D eigenvalue weighted by Crippen LogP contribution is 2.41. The van der Waals surface area contributed by atoms with Crippen LogP contribution in [0.4, 0.5) is 0 Å². The van der Waals surface area contributed by atoms with Gasteiger partial charge in [0.2, 0.25) is 11.8 Å². The van der Waals surface area contributed by atoms with Crippen LogP contribution in [0, 0.1) is 5.92 Å². The first-order chi connectivity index (χ1) is 14.0. The van der Waals surface area contributed by atoms with Crippen molar-refractivity contribution in [3.63, 3.8) is 0 Å². The van der Waals surface area contributed by atoms with Gasteiger partial charge in [0.05, 0.1) is 5.92 Å². The average molecular weight is 391 g/mol. The Balaban J connectivity index is 1.63. The first kappa shape index (κ1) is 19.7. The summed E-state index contributed by atoms with van der Waals surface area (Å²) in [6.45, 7) is 6.03. The molecule has 0 N–H and O–H groups in total. The number of piperidine rings is 1. The van der Waals surface area contributed by atoms with Crippen LogP contribution in [0.15, 0.2) is 60.7 Å². The van der Waals surface area contributed by atoms with Gasteiger partial charge in [-0.1, -0.05) is 60.7 Å². The highest BCUT2D eigenvalue weighted by molar-refractivity contribution is 5.89. The maximum Gasteiger partial charge on any atom is 0.228 e. The first-order valence-corrected chi connectivity index (χ1v) is 10.7. The molecule has 2 heterocycles. The Labute approximate surface area is 173 Å². The lowest BCUT2D eigenvalue weighted by atomic mass is 9.69. The summed E-state index contributed by atoms with van der Waals surface area (Å²) < 4.78 is 0. The van der Waals surface area contributed by atoms with E-state index in [9.17, 15) is 9.59 Å². The van der Waals surface area contributed by atoms with E-state index in [0.29, 0.717) is 19.5 Å². The van der Waals surface area contributed by atoms with Crippen LogP contribution in [0.1, 0.15) is 44.2 Å². The summed E-state index contributed by atoms with van der Waals surface area (Å²) in [5, 5.41) is 0. The van der Waals surface area contributed by atoms with E-state index in [0.717, 1.165) is 19.4 Å². The van der Waals surface area contributed by atoms with Crippen LogP contribution in [0.5, 0.6) is 0 Å². The normalized spacial score (nSPS) is 21.6. The van der Waals surface area contributed by atoms with Gasteiger partial charge in [-0.15, -0.1) is 0 Å². The summed E-state index contributed by atoms with van der Waals surface area (Å²) in [7, 11) is 0. The van der Waals surface area contributed by atoms with Crippen LogP contribution in [-0.4, -0.2) is 47.3 Å². The lowest BCUT2D eigenvalue weighted by Gasteiger charge is -2.44. The Hall–Kier alpha value is -2.62. The Morgan fingerprint density at radius 3 is 2.10 bits per heavy atom. The highest BCUT2D eigenvalue weighted by atomic mass is 16.2. The Morgan fingerprint density at radius 1 is 1.00 bits per heavy atom. The fourth-order valence-corrected chi connectivity index (χ4v) is 5.05. The summed E-state index contributed by atoms with van der Waals surface area (Å²) in [6, 6.07) is 21.3. The monoisotopic (exact) mass is 390 g/mol. The van der Waals surface area contributed by atoms with Crippen LogP contribution < -0.4 is 0 Å². The molecule has 0 saturated carbocycles. The molecule has 4 heteroatoms. The molecule has 2 aromatic carbocycles. The van der Waals surface area contributed by atoms with E-state index in [-0.39, 0.29) is 29.2 Å². The minimum Gasteiger partial charge on any atom is -0.341 e. The third kappa shape index (κ3) is 3.68.